The van der Waals surface area contributed by atoms with Gasteiger partial charge in [-0.05, 0) is 36.4 Å². The van der Waals surface area contributed by atoms with Gasteiger partial charge in [0.25, 0.3) is 5.91 Å². The van der Waals surface area contributed by atoms with Gasteiger partial charge in [-0.1, -0.05) is 41.4 Å². The molecule has 0 saturated carbocycles. The van der Waals surface area contributed by atoms with E-state index in [1.54, 1.807) is 48.5 Å². The number of hydrogen-bond donors (Lipinski definition) is 2. The zero-order valence-electron chi connectivity index (χ0n) is 13.5. The molecule has 3 rings (SSSR count). The van der Waals surface area contributed by atoms with Gasteiger partial charge in [0.05, 0.1) is 21.9 Å². The number of hydrogen-bond acceptors (Lipinski definition) is 3. The number of halogens is 3. The Balaban J connectivity index is 1.62. The van der Waals surface area contributed by atoms with Gasteiger partial charge in [-0.3, -0.25) is 4.79 Å². The van der Waals surface area contributed by atoms with E-state index in [-0.39, 0.29) is 24.0 Å². The van der Waals surface area contributed by atoms with E-state index in [9.17, 15) is 9.18 Å². The summed E-state index contributed by atoms with van der Waals surface area (Å²) in [6, 6.07) is 14.7. The summed E-state index contributed by atoms with van der Waals surface area (Å²) in [6.45, 7) is 0.0937. The fourth-order valence-corrected chi connectivity index (χ4v) is 2.55. The number of nitrogens with zero attached hydrogens (tertiary/aromatic N) is 1. The number of aromatic nitrogens is 1. The third kappa shape index (κ3) is 4.50. The van der Waals surface area contributed by atoms with Gasteiger partial charge in [-0.15, -0.1) is 0 Å². The summed E-state index contributed by atoms with van der Waals surface area (Å²) in [6.07, 6.45) is 1.53. The summed E-state index contributed by atoms with van der Waals surface area (Å²) in [5.41, 5.74) is 2.09. The van der Waals surface area contributed by atoms with Crippen molar-refractivity contribution in [2.75, 3.05) is 5.32 Å². The molecule has 0 unspecified atom stereocenters. The quantitative estimate of drug-likeness (QED) is 0.630. The average molecular weight is 390 g/mol. The lowest BCUT2D eigenvalue weighted by Crippen LogP contribution is -2.24. The molecule has 0 fully saturated rings. The molecule has 0 bridgehead atoms. The Labute approximate surface area is 160 Å². The van der Waals surface area contributed by atoms with E-state index in [2.05, 4.69) is 15.6 Å². The molecule has 26 heavy (non-hydrogen) atoms. The molecule has 3 aromatic rings. The largest absolute Gasteiger partial charge is 0.354 e. The summed E-state index contributed by atoms with van der Waals surface area (Å²) < 4.78 is 13.6. The predicted octanol–water partition coefficient (Wildman–Crippen LogP) is 5.20. The number of carbonyl (C=O) groups excluding carboxylic acids is 1. The Kier molecular flexibility index (Phi) is 5.71. The zero-order chi connectivity index (χ0) is 18.5. The molecule has 4 nitrogen and oxygen atoms in total. The molecule has 2 N–H and O–H groups in total. The Morgan fingerprint density at radius 1 is 1.00 bits per heavy atom. The van der Waals surface area contributed by atoms with Gasteiger partial charge >= 0.3 is 0 Å². The Morgan fingerprint density at radius 3 is 2.46 bits per heavy atom. The van der Waals surface area contributed by atoms with Crippen LogP contribution in [0.2, 0.25) is 10.0 Å². The van der Waals surface area contributed by atoms with Crippen LogP contribution in [0, 0.1) is 5.82 Å². The molecule has 1 heterocycles. The number of nitrogens with one attached hydrogen (secondary N) is 2. The van der Waals surface area contributed by atoms with Crippen LogP contribution >= 0.6 is 23.2 Å². The maximum absolute atomic E-state index is 13.6. The number of rotatable bonds is 5. The Morgan fingerprint density at radius 2 is 1.77 bits per heavy atom. The fourth-order valence-electron chi connectivity index (χ4n) is 2.25. The van der Waals surface area contributed by atoms with Crippen molar-refractivity contribution >= 4 is 40.5 Å². The molecule has 1 aromatic heterocycles. The van der Waals surface area contributed by atoms with E-state index < -0.39 is 0 Å². The van der Waals surface area contributed by atoms with Crippen molar-refractivity contribution < 1.29 is 9.18 Å². The highest BCUT2D eigenvalue weighted by Gasteiger charge is 2.09. The number of carbonyl (C=O) groups is 1. The Hall–Kier alpha value is -2.63. The van der Waals surface area contributed by atoms with E-state index in [1.807, 2.05) is 0 Å². The molecule has 0 spiro atoms. The van der Waals surface area contributed by atoms with Crippen LogP contribution in [0.15, 0.2) is 60.8 Å². The third-order valence-corrected chi connectivity index (χ3v) is 4.34. The molecule has 2 aromatic carbocycles. The SMILES string of the molecule is O=C(NCc1ccccc1F)c1ccc(Nc2ccc(Cl)c(Cl)c2)cn1. The van der Waals surface area contributed by atoms with Gasteiger partial charge in [0, 0.05) is 17.8 Å². The molecule has 132 valence electrons. The molecule has 0 aliphatic heterocycles. The lowest BCUT2D eigenvalue weighted by atomic mass is 10.2. The second-order valence-electron chi connectivity index (χ2n) is 5.46. The number of amides is 1. The van der Waals surface area contributed by atoms with Crippen molar-refractivity contribution in [2.45, 2.75) is 6.54 Å². The maximum Gasteiger partial charge on any atom is 0.270 e. The van der Waals surface area contributed by atoms with Crippen molar-refractivity contribution in [3.05, 3.63) is 87.9 Å². The highest BCUT2D eigenvalue weighted by atomic mass is 35.5. The highest BCUT2D eigenvalue weighted by molar-refractivity contribution is 6.42. The van der Waals surface area contributed by atoms with Crippen molar-refractivity contribution in [3.63, 3.8) is 0 Å². The minimum Gasteiger partial charge on any atom is -0.354 e. The van der Waals surface area contributed by atoms with Crippen molar-refractivity contribution in [1.29, 1.82) is 0 Å². The van der Waals surface area contributed by atoms with Crippen LogP contribution in [0.25, 0.3) is 0 Å². The first-order chi connectivity index (χ1) is 12.5. The van der Waals surface area contributed by atoms with Gasteiger partial charge in [0.1, 0.15) is 11.5 Å². The van der Waals surface area contributed by atoms with Crippen molar-refractivity contribution in [1.82, 2.24) is 10.3 Å². The topological polar surface area (TPSA) is 54.0 Å². The predicted molar refractivity (Wildman–Crippen MR) is 102 cm³/mol. The molecule has 0 atom stereocenters. The lowest BCUT2D eigenvalue weighted by molar-refractivity contribution is 0.0945. The van der Waals surface area contributed by atoms with Gasteiger partial charge in [0.2, 0.25) is 0 Å². The van der Waals surface area contributed by atoms with Crippen molar-refractivity contribution in [3.8, 4) is 0 Å². The van der Waals surface area contributed by atoms with E-state index in [4.69, 9.17) is 23.2 Å². The minimum atomic E-state index is -0.380. The van der Waals surface area contributed by atoms with E-state index >= 15 is 0 Å². The first-order valence-electron chi connectivity index (χ1n) is 7.72. The monoisotopic (exact) mass is 389 g/mol. The molecule has 0 aliphatic rings. The summed E-state index contributed by atoms with van der Waals surface area (Å²) >= 11 is 11.9. The first kappa shape index (κ1) is 18.2. The molecule has 0 saturated heterocycles. The smallest absolute Gasteiger partial charge is 0.270 e. The minimum absolute atomic E-state index is 0.0937. The van der Waals surface area contributed by atoms with E-state index in [1.165, 1.54) is 12.3 Å². The van der Waals surface area contributed by atoms with Crippen LogP contribution in [0.5, 0.6) is 0 Å². The molecule has 7 heteroatoms. The van der Waals surface area contributed by atoms with Crippen LogP contribution in [0.3, 0.4) is 0 Å². The third-order valence-electron chi connectivity index (χ3n) is 3.60. The number of anilines is 2. The normalized spacial score (nSPS) is 10.4. The first-order valence-corrected chi connectivity index (χ1v) is 8.48. The number of pyridine rings is 1. The van der Waals surface area contributed by atoms with Crippen LogP contribution in [-0.4, -0.2) is 10.9 Å². The van der Waals surface area contributed by atoms with E-state index in [0.717, 1.165) is 5.69 Å². The summed E-state index contributed by atoms with van der Waals surface area (Å²) in [7, 11) is 0. The highest BCUT2D eigenvalue weighted by Crippen LogP contribution is 2.26. The van der Waals surface area contributed by atoms with Crippen LogP contribution in [0.4, 0.5) is 15.8 Å². The fraction of sp³-hybridized carbons (Fsp3) is 0.0526. The van der Waals surface area contributed by atoms with Gasteiger partial charge in [-0.2, -0.15) is 0 Å². The lowest BCUT2D eigenvalue weighted by Gasteiger charge is -2.09. The second kappa shape index (κ2) is 8.17. The van der Waals surface area contributed by atoms with Crippen LogP contribution in [0.1, 0.15) is 16.1 Å². The van der Waals surface area contributed by atoms with E-state index in [0.29, 0.717) is 21.3 Å². The van der Waals surface area contributed by atoms with Gasteiger partial charge in [0.15, 0.2) is 0 Å². The molecule has 1 amide bonds. The molecule has 0 aliphatic carbocycles. The maximum atomic E-state index is 13.6. The Bertz CT molecular complexity index is 932. The summed E-state index contributed by atoms with van der Waals surface area (Å²) in [5, 5.41) is 6.67. The van der Waals surface area contributed by atoms with Crippen molar-refractivity contribution in [2.24, 2.45) is 0 Å². The van der Waals surface area contributed by atoms with Gasteiger partial charge < -0.3 is 10.6 Å². The standard InChI is InChI=1S/C19H14Cl2FN3O/c20-15-7-5-13(9-16(15)21)25-14-6-8-18(23-11-14)19(26)24-10-12-3-1-2-4-17(12)22/h1-9,11,25H,10H2,(H,24,26). The van der Waals surface area contributed by atoms with Crippen LogP contribution < -0.4 is 10.6 Å². The molecular formula is C19H14Cl2FN3O. The second-order valence-corrected chi connectivity index (χ2v) is 6.27. The molecular weight excluding hydrogens is 376 g/mol. The molecule has 0 radical (unpaired) electrons. The zero-order valence-corrected chi connectivity index (χ0v) is 15.0. The van der Waals surface area contributed by atoms with Crippen LogP contribution in [-0.2, 0) is 6.54 Å². The number of benzene rings is 2. The summed E-state index contributed by atoms with van der Waals surface area (Å²) in [4.78, 5) is 16.3. The van der Waals surface area contributed by atoms with Gasteiger partial charge in [-0.25, -0.2) is 9.37 Å². The summed E-state index contributed by atoms with van der Waals surface area (Å²) in [5.74, 6) is -0.740. The average Bonchev–Trinajstić information content (AvgIpc) is 2.64.